The van der Waals surface area contributed by atoms with Crippen molar-refractivity contribution in [1.82, 2.24) is 30.4 Å². The topological polar surface area (TPSA) is 119 Å². The Balaban J connectivity index is 1.57. The molecule has 3 rings (SSSR count). The Morgan fingerprint density at radius 2 is 2.08 bits per heavy atom. The van der Waals surface area contributed by atoms with Crippen LogP contribution < -0.4 is 5.32 Å². The molecule has 2 heterocycles. The second-order valence-electron chi connectivity index (χ2n) is 5.50. The summed E-state index contributed by atoms with van der Waals surface area (Å²) in [6.07, 6.45) is -1.09. The number of nitrogens with one attached hydrogen (secondary N) is 1. The molecule has 0 saturated carbocycles. The minimum absolute atomic E-state index is 0.245. The van der Waals surface area contributed by atoms with Gasteiger partial charge in [-0.05, 0) is 36.4 Å². The molecule has 1 N–H and O–H groups in total. The van der Waals surface area contributed by atoms with Crippen molar-refractivity contribution in [2.24, 2.45) is 0 Å². The number of nitrogens with zero attached hydrogens (tertiary/aromatic N) is 5. The first-order chi connectivity index (χ1) is 12.4. The van der Waals surface area contributed by atoms with Crippen molar-refractivity contribution in [2.45, 2.75) is 19.6 Å². The fourth-order valence-corrected chi connectivity index (χ4v) is 2.45. The summed E-state index contributed by atoms with van der Waals surface area (Å²) >= 11 is 5.82. The van der Waals surface area contributed by atoms with Crippen LogP contribution in [0.4, 0.5) is 4.79 Å². The average Bonchev–Trinajstić information content (AvgIpc) is 3.23. The van der Waals surface area contributed by atoms with Gasteiger partial charge >= 0.3 is 12.0 Å². The summed E-state index contributed by atoms with van der Waals surface area (Å²) in [5, 5.41) is 14.8. The number of carbonyl (C=O) groups excluding carboxylic acids is 3. The third-order valence-electron chi connectivity index (χ3n) is 3.60. The second kappa shape index (κ2) is 7.48. The molecule has 1 atom stereocenters. The van der Waals surface area contributed by atoms with Crippen LogP contribution in [0.3, 0.4) is 0 Å². The number of tetrazole rings is 1. The van der Waals surface area contributed by atoms with Gasteiger partial charge in [0.15, 0.2) is 12.6 Å². The van der Waals surface area contributed by atoms with Crippen molar-refractivity contribution in [1.29, 1.82) is 0 Å². The van der Waals surface area contributed by atoms with E-state index in [1.54, 1.807) is 24.3 Å². The van der Waals surface area contributed by atoms with Gasteiger partial charge < -0.3 is 10.1 Å². The number of urea groups is 1. The minimum Gasteiger partial charge on any atom is -0.451 e. The van der Waals surface area contributed by atoms with E-state index in [1.807, 2.05) is 0 Å². The fraction of sp³-hybridized carbons (Fsp3) is 0.333. The predicted molar refractivity (Wildman–Crippen MR) is 88.9 cm³/mol. The Morgan fingerprint density at radius 3 is 2.73 bits per heavy atom. The van der Waals surface area contributed by atoms with Crippen LogP contribution in [0.1, 0.15) is 6.92 Å². The molecule has 26 heavy (non-hydrogen) atoms. The van der Waals surface area contributed by atoms with E-state index < -0.39 is 24.0 Å². The van der Waals surface area contributed by atoms with Crippen LogP contribution in [0.15, 0.2) is 24.3 Å². The van der Waals surface area contributed by atoms with Crippen LogP contribution in [0.5, 0.6) is 0 Å². The SMILES string of the molecule is C[C@H](OC(=O)Cn1nnc(-c2ccc(Cl)cc2)n1)C(=O)N1CCNC1=O. The molecule has 1 aromatic heterocycles. The molecule has 0 radical (unpaired) electrons. The van der Waals surface area contributed by atoms with Crippen molar-refractivity contribution in [3.63, 3.8) is 0 Å². The highest BCUT2D eigenvalue weighted by molar-refractivity contribution is 6.30. The van der Waals surface area contributed by atoms with Gasteiger partial charge in [0.2, 0.25) is 5.82 Å². The first-order valence-electron chi connectivity index (χ1n) is 7.76. The lowest BCUT2D eigenvalue weighted by molar-refractivity contribution is -0.158. The molecule has 1 fully saturated rings. The van der Waals surface area contributed by atoms with E-state index in [1.165, 1.54) is 6.92 Å². The Hall–Kier alpha value is -3.01. The van der Waals surface area contributed by atoms with Gasteiger partial charge in [0.05, 0.1) is 0 Å². The number of rotatable bonds is 5. The third kappa shape index (κ3) is 3.97. The molecule has 1 aliphatic heterocycles. The van der Waals surface area contributed by atoms with Gasteiger partial charge in [0, 0.05) is 23.7 Å². The van der Waals surface area contributed by atoms with Crippen LogP contribution >= 0.6 is 11.6 Å². The van der Waals surface area contributed by atoms with Crippen LogP contribution in [-0.4, -0.2) is 62.2 Å². The number of hydrogen-bond acceptors (Lipinski definition) is 7. The number of hydrogen-bond donors (Lipinski definition) is 1. The maximum absolute atomic E-state index is 12.1. The third-order valence-corrected chi connectivity index (χ3v) is 3.86. The van der Waals surface area contributed by atoms with Crippen LogP contribution in [-0.2, 0) is 20.9 Å². The zero-order valence-electron chi connectivity index (χ0n) is 13.8. The lowest BCUT2D eigenvalue weighted by Crippen LogP contribution is -2.42. The first-order valence-corrected chi connectivity index (χ1v) is 8.14. The molecule has 0 bridgehead atoms. The minimum atomic E-state index is -1.09. The summed E-state index contributed by atoms with van der Waals surface area (Å²) in [5.41, 5.74) is 0.692. The molecule has 1 aliphatic rings. The van der Waals surface area contributed by atoms with Crippen molar-refractivity contribution in [2.75, 3.05) is 13.1 Å². The first kappa shape index (κ1) is 17.8. The number of carbonyl (C=O) groups is 3. The van der Waals surface area contributed by atoms with Crippen LogP contribution in [0, 0.1) is 0 Å². The molecule has 136 valence electrons. The molecule has 1 aromatic carbocycles. The number of aromatic nitrogens is 4. The summed E-state index contributed by atoms with van der Waals surface area (Å²) in [5.74, 6) is -0.973. The molecule has 2 aromatic rings. The summed E-state index contributed by atoms with van der Waals surface area (Å²) in [7, 11) is 0. The smallest absolute Gasteiger partial charge is 0.330 e. The second-order valence-corrected chi connectivity index (χ2v) is 5.94. The van der Waals surface area contributed by atoms with Crippen molar-refractivity contribution in [3.05, 3.63) is 29.3 Å². The van der Waals surface area contributed by atoms with E-state index >= 15 is 0 Å². The Kier molecular flexibility index (Phi) is 5.12. The van der Waals surface area contributed by atoms with Crippen molar-refractivity contribution in [3.8, 4) is 11.4 Å². The van der Waals surface area contributed by atoms with Crippen molar-refractivity contribution < 1.29 is 19.1 Å². The quantitative estimate of drug-likeness (QED) is 0.751. The Bertz CT molecular complexity index is 837. The fourth-order valence-electron chi connectivity index (χ4n) is 2.33. The maximum Gasteiger partial charge on any atom is 0.330 e. The van der Waals surface area contributed by atoms with Gasteiger partial charge in [0.25, 0.3) is 5.91 Å². The summed E-state index contributed by atoms with van der Waals surface area (Å²) < 4.78 is 5.05. The van der Waals surface area contributed by atoms with Gasteiger partial charge in [0.1, 0.15) is 0 Å². The lowest BCUT2D eigenvalue weighted by atomic mass is 10.2. The predicted octanol–water partition coefficient (Wildman–Crippen LogP) is 0.477. The van der Waals surface area contributed by atoms with E-state index in [-0.39, 0.29) is 13.1 Å². The largest absolute Gasteiger partial charge is 0.451 e. The summed E-state index contributed by atoms with van der Waals surface area (Å²) in [6.45, 7) is 1.71. The average molecular weight is 379 g/mol. The van der Waals surface area contributed by atoms with E-state index in [0.717, 1.165) is 9.70 Å². The highest BCUT2D eigenvalue weighted by Gasteiger charge is 2.31. The molecule has 11 heteroatoms. The molecular weight excluding hydrogens is 364 g/mol. The van der Waals surface area contributed by atoms with E-state index in [2.05, 4.69) is 20.7 Å². The molecule has 1 saturated heterocycles. The highest BCUT2D eigenvalue weighted by atomic mass is 35.5. The highest BCUT2D eigenvalue weighted by Crippen LogP contribution is 2.17. The van der Waals surface area contributed by atoms with Crippen molar-refractivity contribution >= 4 is 29.5 Å². The molecule has 0 spiro atoms. The molecule has 0 aliphatic carbocycles. The van der Waals surface area contributed by atoms with Gasteiger partial charge in [-0.1, -0.05) is 11.6 Å². The lowest BCUT2D eigenvalue weighted by Gasteiger charge is -2.17. The molecule has 0 unspecified atom stereocenters. The van der Waals surface area contributed by atoms with Gasteiger partial charge in [-0.15, -0.1) is 10.2 Å². The standard InChI is InChI=1S/C15H15ClN6O4/c1-9(14(24)21-7-6-17-15(21)25)26-12(23)8-22-19-13(18-20-22)10-2-4-11(16)5-3-10/h2-5,9H,6-8H2,1H3,(H,17,25)/t9-/m0/s1. The van der Waals surface area contributed by atoms with Gasteiger partial charge in [-0.25, -0.2) is 9.59 Å². The number of benzene rings is 1. The molecular formula is C15H15ClN6O4. The van der Waals surface area contributed by atoms with E-state index in [0.29, 0.717) is 23.0 Å². The van der Waals surface area contributed by atoms with Crippen LogP contribution in [0.2, 0.25) is 5.02 Å². The van der Waals surface area contributed by atoms with E-state index in [9.17, 15) is 14.4 Å². The number of halogens is 1. The normalized spacial score (nSPS) is 14.8. The summed E-state index contributed by atoms with van der Waals surface area (Å²) in [6, 6.07) is 6.33. The van der Waals surface area contributed by atoms with Gasteiger partial charge in [-0.3, -0.25) is 9.69 Å². The zero-order valence-corrected chi connectivity index (χ0v) is 14.5. The Morgan fingerprint density at radius 1 is 1.35 bits per heavy atom. The number of amides is 3. The number of imide groups is 1. The maximum atomic E-state index is 12.1. The zero-order chi connectivity index (χ0) is 18.7. The summed E-state index contributed by atoms with van der Waals surface area (Å²) in [4.78, 5) is 37.6. The number of esters is 1. The molecule has 3 amide bonds. The monoisotopic (exact) mass is 378 g/mol. The Labute approximate surface area is 153 Å². The van der Waals surface area contributed by atoms with Crippen LogP contribution in [0.25, 0.3) is 11.4 Å². The van der Waals surface area contributed by atoms with E-state index in [4.69, 9.17) is 16.3 Å². The number of ether oxygens (including phenoxy) is 1. The van der Waals surface area contributed by atoms with Gasteiger partial charge in [-0.2, -0.15) is 4.80 Å². The molecule has 10 nitrogen and oxygen atoms in total.